The van der Waals surface area contributed by atoms with E-state index in [0.29, 0.717) is 5.92 Å². The normalized spacial score (nSPS) is 18.7. The maximum absolute atomic E-state index is 4.76. The summed E-state index contributed by atoms with van der Waals surface area (Å²) >= 11 is 3.51. The quantitative estimate of drug-likeness (QED) is 0.923. The van der Waals surface area contributed by atoms with Gasteiger partial charge in [-0.15, -0.1) is 0 Å². The molecule has 3 nitrogen and oxygen atoms in total. The number of hydrogen-bond donors (Lipinski definition) is 1. The summed E-state index contributed by atoms with van der Waals surface area (Å²) in [5.74, 6) is 1.42. The van der Waals surface area contributed by atoms with Crippen LogP contribution in [0.25, 0.3) is 11.3 Å². The fourth-order valence-electron chi connectivity index (χ4n) is 2.44. The average molecular weight is 318 g/mol. The van der Waals surface area contributed by atoms with E-state index < -0.39 is 0 Å². The van der Waals surface area contributed by atoms with Crippen LogP contribution < -0.4 is 5.32 Å². The summed E-state index contributed by atoms with van der Waals surface area (Å²) in [5, 5.41) is 3.37. The van der Waals surface area contributed by atoms with Gasteiger partial charge in [0, 0.05) is 28.2 Å². The van der Waals surface area contributed by atoms with Crippen LogP contribution in [0.5, 0.6) is 0 Å². The van der Waals surface area contributed by atoms with E-state index in [1.165, 1.54) is 0 Å². The standard InChI is InChI=1S/C15H16BrN3/c1-10-7-14(11-3-2-4-13(16)8-11)19-15(18-10)12-5-6-17-9-12/h2-4,7-8,12,17H,5-6,9H2,1H3. The van der Waals surface area contributed by atoms with Gasteiger partial charge in [-0.25, -0.2) is 9.97 Å². The Labute approximate surface area is 121 Å². The number of aryl methyl sites for hydroxylation is 1. The molecule has 1 aliphatic rings. The molecule has 1 atom stereocenters. The smallest absolute Gasteiger partial charge is 0.133 e. The van der Waals surface area contributed by atoms with Gasteiger partial charge in [0.05, 0.1) is 5.69 Å². The van der Waals surface area contributed by atoms with E-state index in [-0.39, 0.29) is 0 Å². The minimum absolute atomic E-state index is 0.450. The van der Waals surface area contributed by atoms with Gasteiger partial charge in [0.25, 0.3) is 0 Å². The molecule has 0 radical (unpaired) electrons. The molecule has 1 aromatic carbocycles. The minimum Gasteiger partial charge on any atom is -0.316 e. The topological polar surface area (TPSA) is 37.8 Å². The second kappa shape index (κ2) is 5.39. The molecule has 0 saturated carbocycles. The third-order valence-electron chi connectivity index (χ3n) is 3.42. The Hall–Kier alpha value is -1.26. The van der Waals surface area contributed by atoms with Crippen molar-refractivity contribution in [1.82, 2.24) is 15.3 Å². The molecule has 0 aliphatic carbocycles. The van der Waals surface area contributed by atoms with Crippen molar-refractivity contribution in [2.24, 2.45) is 0 Å². The van der Waals surface area contributed by atoms with Gasteiger partial charge < -0.3 is 5.32 Å². The molecule has 0 amide bonds. The van der Waals surface area contributed by atoms with Crippen molar-refractivity contribution in [1.29, 1.82) is 0 Å². The van der Waals surface area contributed by atoms with E-state index in [2.05, 4.69) is 38.4 Å². The van der Waals surface area contributed by atoms with E-state index in [1.54, 1.807) is 0 Å². The Kier molecular flexibility index (Phi) is 3.62. The highest BCUT2D eigenvalue weighted by molar-refractivity contribution is 9.10. The molecule has 4 heteroatoms. The van der Waals surface area contributed by atoms with E-state index in [0.717, 1.165) is 46.8 Å². The third-order valence-corrected chi connectivity index (χ3v) is 3.91. The largest absolute Gasteiger partial charge is 0.316 e. The van der Waals surface area contributed by atoms with Crippen LogP contribution in [0.4, 0.5) is 0 Å². The summed E-state index contributed by atoms with van der Waals surface area (Å²) < 4.78 is 1.07. The van der Waals surface area contributed by atoms with E-state index in [1.807, 2.05) is 25.1 Å². The number of nitrogens with zero attached hydrogens (tertiary/aromatic N) is 2. The highest BCUT2D eigenvalue weighted by Crippen LogP contribution is 2.25. The SMILES string of the molecule is Cc1cc(-c2cccc(Br)c2)nc(C2CCNC2)n1. The third kappa shape index (κ3) is 2.85. The fourth-order valence-corrected chi connectivity index (χ4v) is 2.84. The highest BCUT2D eigenvalue weighted by atomic mass is 79.9. The van der Waals surface area contributed by atoms with Crippen LogP contribution in [-0.4, -0.2) is 23.1 Å². The number of rotatable bonds is 2. The summed E-state index contributed by atoms with van der Waals surface area (Å²) in [7, 11) is 0. The molecule has 1 aromatic heterocycles. The average Bonchev–Trinajstić information content (AvgIpc) is 2.92. The van der Waals surface area contributed by atoms with E-state index in [9.17, 15) is 0 Å². The molecule has 1 N–H and O–H groups in total. The van der Waals surface area contributed by atoms with Gasteiger partial charge in [0.1, 0.15) is 5.82 Å². The van der Waals surface area contributed by atoms with Gasteiger partial charge in [-0.1, -0.05) is 28.1 Å². The molecule has 2 aromatic rings. The first-order valence-corrected chi connectivity index (χ1v) is 7.34. The summed E-state index contributed by atoms with van der Waals surface area (Å²) in [4.78, 5) is 9.36. The van der Waals surface area contributed by atoms with Crippen molar-refractivity contribution < 1.29 is 0 Å². The molecule has 3 rings (SSSR count). The summed E-state index contributed by atoms with van der Waals surface area (Å²) in [6, 6.07) is 10.3. The predicted octanol–water partition coefficient (Wildman–Crippen LogP) is 3.29. The first kappa shape index (κ1) is 12.8. The Morgan fingerprint density at radius 2 is 2.16 bits per heavy atom. The minimum atomic E-state index is 0.450. The second-order valence-corrected chi connectivity index (χ2v) is 5.87. The maximum Gasteiger partial charge on any atom is 0.133 e. The summed E-state index contributed by atoms with van der Waals surface area (Å²) in [5.41, 5.74) is 3.18. The maximum atomic E-state index is 4.76. The predicted molar refractivity (Wildman–Crippen MR) is 80.1 cm³/mol. The number of halogens is 1. The lowest BCUT2D eigenvalue weighted by Gasteiger charge is -2.10. The molecule has 0 spiro atoms. The number of nitrogens with one attached hydrogen (secondary N) is 1. The summed E-state index contributed by atoms with van der Waals surface area (Å²) in [6.45, 7) is 4.09. The van der Waals surface area contributed by atoms with Crippen LogP contribution in [0.1, 0.15) is 23.9 Å². The lowest BCUT2D eigenvalue weighted by atomic mass is 10.1. The van der Waals surface area contributed by atoms with Gasteiger partial charge in [0.15, 0.2) is 0 Å². The second-order valence-electron chi connectivity index (χ2n) is 4.95. The molecule has 1 unspecified atom stereocenters. The zero-order valence-corrected chi connectivity index (χ0v) is 12.4. The first-order chi connectivity index (χ1) is 9.22. The van der Waals surface area contributed by atoms with Crippen molar-refractivity contribution in [3.05, 3.63) is 46.3 Å². The zero-order chi connectivity index (χ0) is 13.2. The molecule has 98 valence electrons. The van der Waals surface area contributed by atoms with Gasteiger partial charge in [-0.3, -0.25) is 0 Å². The van der Waals surface area contributed by atoms with Crippen molar-refractivity contribution in [3.8, 4) is 11.3 Å². The molecular formula is C15H16BrN3. The number of hydrogen-bond acceptors (Lipinski definition) is 3. The lowest BCUT2D eigenvalue weighted by Crippen LogP contribution is -2.11. The van der Waals surface area contributed by atoms with Gasteiger partial charge in [-0.05, 0) is 38.1 Å². The number of benzene rings is 1. The fraction of sp³-hybridized carbons (Fsp3) is 0.333. The molecule has 0 bridgehead atoms. The van der Waals surface area contributed by atoms with Crippen LogP contribution in [0, 0.1) is 6.92 Å². The highest BCUT2D eigenvalue weighted by Gasteiger charge is 2.20. The van der Waals surface area contributed by atoms with Crippen molar-refractivity contribution in [2.45, 2.75) is 19.3 Å². The summed E-state index contributed by atoms with van der Waals surface area (Å²) in [6.07, 6.45) is 1.13. The molecular weight excluding hydrogens is 302 g/mol. The van der Waals surface area contributed by atoms with Crippen LogP contribution in [0.15, 0.2) is 34.8 Å². The molecule has 1 aliphatic heterocycles. The zero-order valence-electron chi connectivity index (χ0n) is 10.9. The van der Waals surface area contributed by atoms with Crippen molar-refractivity contribution in [3.63, 3.8) is 0 Å². The van der Waals surface area contributed by atoms with E-state index >= 15 is 0 Å². The van der Waals surface area contributed by atoms with Crippen LogP contribution in [-0.2, 0) is 0 Å². The van der Waals surface area contributed by atoms with Gasteiger partial charge >= 0.3 is 0 Å². The van der Waals surface area contributed by atoms with Crippen LogP contribution in [0.3, 0.4) is 0 Å². The van der Waals surface area contributed by atoms with Crippen LogP contribution in [0.2, 0.25) is 0 Å². The van der Waals surface area contributed by atoms with Crippen molar-refractivity contribution in [2.75, 3.05) is 13.1 Å². The number of aromatic nitrogens is 2. The first-order valence-electron chi connectivity index (χ1n) is 6.54. The van der Waals surface area contributed by atoms with Gasteiger partial charge in [0.2, 0.25) is 0 Å². The van der Waals surface area contributed by atoms with E-state index in [4.69, 9.17) is 4.98 Å². The Morgan fingerprint density at radius 1 is 1.26 bits per heavy atom. The molecule has 19 heavy (non-hydrogen) atoms. The van der Waals surface area contributed by atoms with Crippen LogP contribution >= 0.6 is 15.9 Å². The van der Waals surface area contributed by atoms with Gasteiger partial charge in [-0.2, -0.15) is 0 Å². The monoisotopic (exact) mass is 317 g/mol. The molecule has 1 fully saturated rings. The van der Waals surface area contributed by atoms with Crippen molar-refractivity contribution >= 4 is 15.9 Å². The molecule has 2 heterocycles. The lowest BCUT2D eigenvalue weighted by molar-refractivity contribution is 0.698. The Balaban J connectivity index is 2.01. The molecule has 1 saturated heterocycles. The Morgan fingerprint density at radius 3 is 2.89 bits per heavy atom. The Bertz CT molecular complexity index is 592.